The van der Waals surface area contributed by atoms with Gasteiger partial charge in [0.1, 0.15) is 16.8 Å². The topological polar surface area (TPSA) is 91.2 Å². The van der Waals surface area contributed by atoms with Crippen LogP contribution in [0.1, 0.15) is 19.3 Å². The van der Waals surface area contributed by atoms with Crippen LogP contribution in [0.3, 0.4) is 0 Å². The molecule has 1 aliphatic carbocycles. The van der Waals surface area contributed by atoms with Gasteiger partial charge in [0.25, 0.3) is 5.91 Å². The fourth-order valence-corrected chi connectivity index (χ4v) is 3.71. The Morgan fingerprint density at radius 3 is 2.52 bits per heavy atom. The lowest BCUT2D eigenvalue weighted by atomic mass is 10.2. The van der Waals surface area contributed by atoms with Gasteiger partial charge in [-0.15, -0.1) is 11.3 Å². The monoisotopic (exact) mass is 409 g/mol. The zero-order valence-electron chi connectivity index (χ0n) is 16.2. The summed E-state index contributed by atoms with van der Waals surface area (Å²) in [7, 11) is 1.69. The number of hydrogen-bond acceptors (Lipinski definition) is 7. The molecule has 1 amide bonds. The molecule has 1 unspecified atom stereocenters. The molecule has 8 heteroatoms. The molecule has 2 fully saturated rings. The predicted molar refractivity (Wildman–Crippen MR) is 113 cm³/mol. The fraction of sp³-hybridized carbons (Fsp3) is 0.333. The number of carbonyl (C=O) groups is 1. The van der Waals surface area contributed by atoms with Crippen molar-refractivity contribution in [3.8, 4) is 22.0 Å². The number of carbonyl (C=O) groups excluding carboxylic acids is 1. The number of likely N-dealkylation sites (tertiary alicyclic amines) is 1. The van der Waals surface area contributed by atoms with Crippen molar-refractivity contribution in [2.45, 2.75) is 31.4 Å². The van der Waals surface area contributed by atoms with Gasteiger partial charge in [0.05, 0.1) is 5.69 Å². The van der Waals surface area contributed by atoms with E-state index in [1.165, 1.54) is 17.7 Å². The number of nitrogens with zero attached hydrogens (tertiary/aromatic N) is 4. The first-order chi connectivity index (χ1) is 14.1. The molecular formula is C21H23N5O2S. The summed E-state index contributed by atoms with van der Waals surface area (Å²) in [5.74, 6) is 0.550. The molecule has 1 aliphatic heterocycles. The van der Waals surface area contributed by atoms with Crippen molar-refractivity contribution >= 4 is 23.2 Å². The Morgan fingerprint density at radius 2 is 1.90 bits per heavy atom. The SMILES string of the molecule is CN1CCC(O)C1=O.c1ccc(-c2nc(-c3ccnc(NC4CC4)n3)cs2)cc1. The van der Waals surface area contributed by atoms with E-state index in [0.717, 1.165) is 22.0 Å². The number of thiazole rings is 1. The first-order valence-electron chi connectivity index (χ1n) is 9.64. The van der Waals surface area contributed by atoms with E-state index in [1.54, 1.807) is 24.6 Å². The number of aliphatic hydroxyl groups excluding tert-OH is 1. The number of aromatic nitrogens is 3. The Kier molecular flexibility index (Phi) is 5.82. The number of rotatable bonds is 4. The van der Waals surface area contributed by atoms with Gasteiger partial charge in [-0.25, -0.2) is 15.0 Å². The smallest absolute Gasteiger partial charge is 0.251 e. The maximum Gasteiger partial charge on any atom is 0.251 e. The summed E-state index contributed by atoms with van der Waals surface area (Å²) < 4.78 is 0. The molecule has 29 heavy (non-hydrogen) atoms. The first-order valence-corrected chi connectivity index (χ1v) is 10.5. The van der Waals surface area contributed by atoms with Crippen LogP contribution in [0.5, 0.6) is 0 Å². The second-order valence-corrected chi connectivity index (χ2v) is 8.01. The molecule has 3 heterocycles. The molecule has 1 saturated carbocycles. The highest BCUT2D eigenvalue weighted by Gasteiger charge is 2.26. The number of anilines is 1. The van der Waals surface area contributed by atoms with E-state index >= 15 is 0 Å². The minimum Gasteiger partial charge on any atom is -0.383 e. The van der Waals surface area contributed by atoms with E-state index in [9.17, 15) is 4.79 Å². The molecule has 1 saturated heterocycles. The maximum atomic E-state index is 10.6. The van der Waals surface area contributed by atoms with E-state index in [-0.39, 0.29) is 5.91 Å². The normalized spacial score (nSPS) is 18.3. The maximum absolute atomic E-state index is 10.6. The van der Waals surface area contributed by atoms with Gasteiger partial charge in [0.15, 0.2) is 0 Å². The summed E-state index contributed by atoms with van der Waals surface area (Å²) in [5, 5.41) is 15.2. The van der Waals surface area contributed by atoms with E-state index in [1.807, 2.05) is 29.6 Å². The Balaban J connectivity index is 0.000000216. The van der Waals surface area contributed by atoms with Gasteiger partial charge in [0, 0.05) is 36.8 Å². The predicted octanol–water partition coefficient (Wildman–Crippen LogP) is 3.05. The van der Waals surface area contributed by atoms with Gasteiger partial charge in [-0.3, -0.25) is 4.79 Å². The molecule has 2 aromatic heterocycles. The molecule has 0 radical (unpaired) electrons. The van der Waals surface area contributed by atoms with Gasteiger partial charge in [-0.05, 0) is 25.3 Å². The highest BCUT2D eigenvalue weighted by Crippen LogP contribution is 2.28. The third-order valence-corrected chi connectivity index (χ3v) is 5.64. The number of benzene rings is 1. The van der Waals surface area contributed by atoms with Gasteiger partial charge in [0.2, 0.25) is 5.95 Å². The second-order valence-electron chi connectivity index (χ2n) is 7.15. The quantitative estimate of drug-likeness (QED) is 0.688. The minimum atomic E-state index is -0.722. The average molecular weight is 410 g/mol. The molecule has 0 bridgehead atoms. The van der Waals surface area contributed by atoms with Crippen molar-refractivity contribution in [2.75, 3.05) is 18.9 Å². The molecule has 150 valence electrons. The average Bonchev–Trinajstić information content (AvgIpc) is 3.34. The van der Waals surface area contributed by atoms with Crippen molar-refractivity contribution in [2.24, 2.45) is 0 Å². The molecule has 1 aromatic carbocycles. The molecule has 3 aromatic rings. The third-order valence-electron chi connectivity index (χ3n) is 4.75. The minimum absolute atomic E-state index is 0.148. The summed E-state index contributed by atoms with van der Waals surface area (Å²) in [6.45, 7) is 0.694. The lowest BCUT2D eigenvalue weighted by molar-refractivity contribution is -0.133. The number of amides is 1. The molecule has 7 nitrogen and oxygen atoms in total. The Labute approximate surface area is 173 Å². The Morgan fingerprint density at radius 1 is 1.10 bits per heavy atom. The van der Waals surface area contributed by atoms with Crippen molar-refractivity contribution in [1.29, 1.82) is 0 Å². The van der Waals surface area contributed by atoms with E-state index < -0.39 is 6.10 Å². The van der Waals surface area contributed by atoms with Crippen LogP contribution in [0, 0.1) is 0 Å². The van der Waals surface area contributed by atoms with E-state index in [2.05, 4.69) is 32.4 Å². The second kappa shape index (κ2) is 8.67. The summed E-state index contributed by atoms with van der Waals surface area (Å²) in [5.41, 5.74) is 2.91. The number of nitrogens with one attached hydrogen (secondary N) is 1. The van der Waals surface area contributed by atoms with Crippen LogP contribution in [0.4, 0.5) is 5.95 Å². The van der Waals surface area contributed by atoms with Crippen molar-refractivity contribution in [1.82, 2.24) is 19.9 Å². The zero-order valence-corrected chi connectivity index (χ0v) is 17.0. The molecular weight excluding hydrogens is 386 g/mol. The van der Waals surface area contributed by atoms with E-state index in [4.69, 9.17) is 5.11 Å². The van der Waals surface area contributed by atoms with Gasteiger partial charge >= 0.3 is 0 Å². The zero-order chi connectivity index (χ0) is 20.2. The molecule has 0 spiro atoms. The molecule has 1 atom stereocenters. The standard InChI is InChI=1S/C16H14N4S.C5H9NO2/c1-2-4-11(5-3-1)15-19-14(10-21-15)13-8-9-17-16(20-13)18-12-6-7-12;1-6-3-2-4(7)5(6)8/h1-5,8-10,12H,6-7H2,(H,17,18,20);4,7H,2-3H2,1H3. The molecule has 5 rings (SSSR count). The number of likely N-dealkylation sites (N-methyl/N-ethyl adjacent to an activating group) is 1. The van der Waals surface area contributed by atoms with Crippen LogP contribution in [0.25, 0.3) is 22.0 Å². The fourth-order valence-electron chi connectivity index (χ4n) is 2.89. The van der Waals surface area contributed by atoms with Crippen LogP contribution in [-0.4, -0.2) is 56.6 Å². The van der Waals surface area contributed by atoms with Crippen LogP contribution >= 0.6 is 11.3 Å². The lowest BCUT2D eigenvalue weighted by Gasteiger charge is -2.04. The molecule has 2 aliphatic rings. The van der Waals surface area contributed by atoms with Gasteiger partial charge in [-0.1, -0.05) is 30.3 Å². The van der Waals surface area contributed by atoms with Crippen molar-refractivity contribution < 1.29 is 9.90 Å². The van der Waals surface area contributed by atoms with Gasteiger partial charge < -0.3 is 15.3 Å². The van der Waals surface area contributed by atoms with Crippen LogP contribution in [0.2, 0.25) is 0 Å². The summed E-state index contributed by atoms with van der Waals surface area (Å²) in [4.78, 5) is 25.6. The third kappa shape index (κ3) is 4.96. The van der Waals surface area contributed by atoms with Crippen molar-refractivity contribution in [3.05, 3.63) is 48.0 Å². The van der Waals surface area contributed by atoms with E-state index in [0.29, 0.717) is 25.0 Å². The highest BCUT2D eigenvalue weighted by atomic mass is 32.1. The number of hydrogen-bond donors (Lipinski definition) is 2. The van der Waals surface area contributed by atoms with Crippen molar-refractivity contribution in [3.63, 3.8) is 0 Å². The largest absolute Gasteiger partial charge is 0.383 e. The van der Waals surface area contributed by atoms with Crippen LogP contribution in [-0.2, 0) is 4.79 Å². The summed E-state index contributed by atoms with van der Waals surface area (Å²) >= 11 is 1.64. The number of aliphatic hydroxyl groups is 1. The summed E-state index contributed by atoms with van der Waals surface area (Å²) in [6, 6.07) is 12.7. The lowest BCUT2D eigenvalue weighted by Crippen LogP contribution is -2.24. The van der Waals surface area contributed by atoms with Gasteiger partial charge in [-0.2, -0.15) is 0 Å². The first kappa shape index (κ1) is 19.5. The highest BCUT2D eigenvalue weighted by molar-refractivity contribution is 7.13. The molecule has 2 N–H and O–H groups in total. The van der Waals surface area contributed by atoms with Crippen LogP contribution < -0.4 is 5.32 Å². The summed E-state index contributed by atoms with van der Waals surface area (Å²) in [6.07, 6.45) is 4.08. The Hall–Kier alpha value is -2.84. The van der Waals surface area contributed by atoms with Crippen LogP contribution in [0.15, 0.2) is 48.0 Å². The Bertz CT molecular complexity index is 962.